The summed E-state index contributed by atoms with van der Waals surface area (Å²) in [5, 5.41) is -0.138. The van der Waals surface area contributed by atoms with E-state index in [4.69, 9.17) is 16.3 Å². The van der Waals surface area contributed by atoms with Crippen molar-refractivity contribution >= 4 is 23.4 Å². The highest BCUT2D eigenvalue weighted by atomic mass is 35.5. The third-order valence-electron chi connectivity index (χ3n) is 3.44. The van der Waals surface area contributed by atoms with Crippen molar-refractivity contribution in [3.63, 3.8) is 0 Å². The number of halogens is 9. The van der Waals surface area contributed by atoms with Crippen LogP contribution in [0.2, 0.25) is 5.02 Å². The largest absolute Gasteiger partial charge is 0.485 e. The van der Waals surface area contributed by atoms with Crippen molar-refractivity contribution in [3.05, 3.63) is 57.9 Å². The third-order valence-corrected chi connectivity index (χ3v) is 4.95. The van der Waals surface area contributed by atoms with Crippen molar-refractivity contribution in [2.45, 2.75) is 23.9 Å². The number of hydrogen-bond acceptors (Lipinski definition) is 2. The second kappa shape index (κ2) is 8.36. The highest BCUT2D eigenvalue weighted by Crippen LogP contribution is 2.37. The standard InChI is InChI=1S/C17H11ClF8OS/c1-8-2-10(18)13(5-14(8)28-7-17(24,25)26)27-6-16(22,23)9-3-11(19)15(21)12(20)4-9/h2-5H,6-7H2,1H3. The highest BCUT2D eigenvalue weighted by molar-refractivity contribution is 7.99. The molecule has 0 aromatic heterocycles. The van der Waals surface area contributed by atoms with E-state index in [1.807, 2.05) is 0 Å². The zero-order valence-corrected chi connectivity index (χ0v) is 15.5. The fourth-order valence-electron chi connectivity index (χ4n) is 2.08. The third kappa shape index (κ3) is 5.66. The van der Waals surface area contributed by atoms with Gasteiger partial charge in [0.15, 0.2) is 24.1 Å². The Morgan fingerprint density at radius 3 is 2.07 bits per heavy atom. The number of thioether (sulfide) groups is 1. The fourth-order valence-corrected chi connectivity index (χ4v) is 3.15. The summed E-state index contributed by atoms with van der Waals surface area (Å²) in [5.74, 6) is -11.0. The summed E-state index contributed by atoms with van der Waals surface area (Å²) in [5.41, 5.74) is -0.792. The Balaban J connectivity index is 2.21. The maximum Gasteiger partial charge on any atom is 0.398 e. The molecule has 0 unspecified atom stereocenters. The van der Waals surface area contributed by atoms with E-state index in [-0.39, 0.29) is 27.8 Å². The summed E-state index contributed by atoms with van der Waals surface area (Å²) in [6, 6.07) is 2.56. The van der Waals surface area contributed by atoms with Gasteiger partial charge in [0.25, 0.3) is 0 Å². The van der Waals surface area contributed by atoms with E-state index in [1.54, 1.807) is 0 Å². The van der Waals surface area contributed by atoms with Gasteiger partial charge < -0.3 is 4.74 Å². The molecule has 0 saturated carbocycles. The lowest BCUT2D eigenvalue weighted by atomic mass is 10.1. The zero-order chi connectivity index (χ0) is 21.3. The van der Waals surface area contributed by atoms with Crippen molar-refractivity contribution in [2.75, 3.05) is 12.4 Å². The molecule has 2 aromatic carbocycles. The summed E-state index contributed by atoms with van der Waals surface area (Å²) in [7, 11) is 0. The van der Waals surface area contributed by atoms with Gasteiger partial charge in [0.05, 0.1) is 10.8 Å². The molecule has 0 aliphatic carbocycles. The van der Waals surface area contributed by atoms with Crippen LogP contribution < -0.4 is 4.74 Å². The summed E-state index contributed by atoms with van der Waals surface area (Å²) >= 11 is 6.29. The van der Waals surface area contributed by atoms with E-state index in [1.165, 1.54) is 13.0 Å². The van der Waals surface area contributed by atoms with E-state index < -0.39 is 47.5 Å². The molecule has 0 radical (unpaired) electrons. The second-order valence-electron chi connectivity index (χ2n) is 5.70. The minimum absolute atomic E-state index is 0.110. The quantitative estimate of drug-likeness (QED) is 0.269. The lowest BCUT2D eigenvalue weighted by molar-refractivity contribution is -0.105. The highest BCUT2D eigenvalue weighted by Gasteiger charge is 2.35. The van der Waals surface area contributed by atoms with Crippen LogP contribution in [0.1, 0.15) is 11.1 Å². The minimum Gasteiger partial charge on any atom is -0.485 e. The molecule has 0 aliphatic rings. The van der Waals surface area contributed by atoms with E-state index in [0.717, 1.165) is 6.07 Å². The molecular weight excluding hydrogens is 440 g/mol. The number of benzene rings is 2. The molecule has 0 atom stereocenters. The van der Waals surface area contributed by atoms with E-state index in [0.29, 0.717) is 17.3 Å². The molecule has 28 heavy (non-hydrogen) atoms. The molecule has 2 rings (SSSR count). The molecule has 2 aromatic rings. The molecule has 154 valence electrons. The van der Waals surface area contributed by atoms with Gasteiger partial charge in [-0.05, 0) is 36.8 Å². The topological polar surface area (TPSA) is 9.23 Å². The predicted octanol–water partition coefficient (Wildman–Crippen LogP) is 6.89. The molecule has 11 heteroatoms. The van der Waals surface area contributed by atoms with E-state index >= 15 is 0 Å². The van der Waals surface area contributed by atoms with E-state index in [2.05, 4.69) is 0 Å². The molecule has 0 bridgehead atoms. The Kier molecular flexibility index (Phi) is 6.75. The number of rotatable bonds is 6. The van der Waals surface area contributed by atoms with Crippen molar-refractivity contribution in [1.82, 2.24) is 0 Å². The number of hydrogen-bond donors (Lipinski definition) is 0. The molecule has 0 amide bonds. The first-order valence-corrected chi connectivity index (χ1v) is 8.82. The Morgan fingerprint density at radius 1 is 0.964 bits per heavy atom. The van der Waals surface area contributed by atoms with Gasteiger partial charge in [-0.3, -0.25) is 0 Å². The fraction of sp³-hybridized carbons (Fsp3) is 0.294. The van der Waals surface area contributed by atoms with Gasteiger partial charge in [-0.25, -0.2) is 13.2 Å². The van der Waals surface area contributed by atoms with Crippen LogP contribution in [-0.4, -0.2) is 18.5 Å². The molecular formula is C17H11ClF8OS. The van der Waals surface area contributed by atoms with Crippen LogP contribution in [0.4, 0.5) is 35.1 Å². The van der Waals surface area contributed by atoms with Crippen molar-refractivity contribution in [3.8, 4) is 5.75 Å². The van der Waals surface area contributed by atoms with E-state index in [9.17, 15) is 35.1 Å². The van der Waals surface area contributed by atoms with Crippen LogP contribution in [0.3, 0.4) is 0 Å². The van der Waals surface area contributed by atoms with Gasteiger partial charge in [0.2, 0.25) is 0 Å². The normalized spacial score (nSPS) is 12.4. The number of alkyl halides is 5. The maximum atomic E-state index is 14.2. The van der Waals surface area contributed by atoms with Gasteiger partial charge in [0.1, 0.15) is 5.75 Å². The van der Waals surface area contributed by atoms with Crippen molar-refractivity contribution in [2.24, 2.45) is 0 Å². The predicted molar refractivity (Wildman–Crippen MR) is 88.7 cm³/mol. The van der Waals surface area contributed by atoms with Gasteiger partial charge in [0, 0.05) is 10.5 Å². The monoisotopic (exact) mass is 450 g/mol. The lowest BCUT2D eigenvalue weighted by Crippen LogP contribution is -2.24. The van der Waals surface area contributed by atoms with Crippen LogP contribution in [0.5, 0.6) is 5.75 Å². The Labute approximate surface area is 163 Å². The number of aryl methyl sites for hydroxylation is 1. The smallest absolute Gasteiger partial charge is 0.398 e. The molecule has 0 heterocycles. The molecule has 0 saturated heterocycles. The summed E-state index contributed by atoms with van der Waals surface area (Å²) in [6.07, 6.45) is -4.44. The van der Waals surface area contributed by atoms with Gasteiger partial charge >= 0.3 is 12.1 Å². The second-order valence-corrected chi connectivity index (χ2v) is 7.12. The van der Waals surface area contributed by atoms with Crippen molar-refractivity contribution in [1.29, 1.82) is 0 Å². The molecule has 0 aliphatic heterocycles. The van der Waals surface area contributed by atoms with Crippen LogP contribution >= 0.6 is 23.4 Å². The van der Waals surface area contributed by atoms with Gasteiger partial charge in [-0.2, -0.15) is 22.0 Å². The van der Waals surface area contributed by atoms with Crippen molar-refractivity contribution < 1.29 is 39.9 Å². The molecule has 0 fully saturated rings. The van der Waals surface area contributed by atoms with Crippen LogP contribution in [-0.2, 0) is 5.92 Å². The molecule has 0 spiro atoms. The Morgan fingerprint density at radius 2 is 1.54 bits per heavy atom. The Bertz CT molecular complexity index is 846. The van der Waals surface area contributed by atoms with Gasteiger partial charge in [-0.15, -0.1) is 11.8 Å². The number of ether oxygens (including phenoxy) is 1. The summed E-state index contributed by atoms with van der Waals surface area (Å²) in [4.78, 5) is 0.110. The lowest BCUT2D eigenvalue weighted by Gasteiger charge is -2.19. The minimum atomic E-state index is -4.44. The first kappa shape index (κ1) is 22.6. The molecule has 0 N–H and O–H groups in total. The molecule has 1 nitrogen and oxygen atoms in total. The SMILES string of the molecule is Cc1cc(Cl)c(OCC(F)(F)c2cc(F)c(F)c(F)c2)cc1SCC(F)(F)F. The zero-order valence-electron chi connectivity index (χ0n) is 13.9. The first-order chi connectivity index (χ1) is 12.8. The average molecular weight is 451 g/mol. The van der Waals surface area contributed by atoms with Crippen LogP contribution in [0, 0.1) is 24.4 Å². The first-order valence-electron chi connectivity index (χ1n) is 7.45. The van der Waals surface area contributed by atoms with Crippen LogP contribution in [0.25, 0.3) is 0 Å². The maximum absolute atomic E-state index is 14.2. The summed E-state index contributed by atoms with van der Waals surface area (Å²) < 4.78 is 110. The average Bonchev–Trinajstić information content (AvgIpc) is 2.56. The summed E-state index contributed by atoms with van der Waals surface area (Å²) in [6.45, 7) is 0.0523. The van der Waals surface area contributed by atoms with Crippen LogP contribution in [0.15, 0.2) is 29.2 Å². The Hall–Kier alpha value is -1.68. The van der Waals surface area contributed by atoms with Gasteiger partial charge in [-0.1, -0.05) is 11.6 Å².